The van der Waals surface area contributed by atoms with Crippen LogP contribution in [0.5, 0.6) is 0 Å². The molecule has 0 fully saturated rings. The molecule has 64 heavy (non-hydrogen) atoms. The van der Waals surface area contributed by atoms with E-state index in [2.05, 4.69) is 69.4 Å². The number of hydrogen-bond donors (Lipinski definition) is 0. The molecule has 0 spiro atoms. The molecule has 0 saturated carbocycles. The number of rotatable bonds is 52. The monoisotopic (exact) mass is 897 g/mol. The molecule has 0 N–H and O–H groups in total. The summed E-state index contributed by atoms with van der Waals surface area (Å²) in [5, 5.41) is 0. The number of allylic oxidation sites excluding steroid dienone is 8. The second-order valence-corrected chi connectivity index (χ2v) is 18.8. The van der Waals surface area contributed by atoms with Crippen molar-refractivity contribution in [1.29, 1.82) is 0 Å². The van der Waals surface area contributed by atoms with Crippen LogP contribution in [0.4, 0.5) is 0 Å². The minimum atomic E-state index is -0.549. The molecule has 1 unspecified atom stereocenters. The summed E-state index contributed by atoms with van der Waals surface area (Å²) in [4.78, 5) is 25.4. The fraction of sp³-hybridized carbons (Fsp3) is 0.831. The van der Waals surface area contributed by atoms with Gasteiger partial charge in [-0.15, -0.1) is 0 Å². The van der Waals surface area contributed by atoms with Crippen LogP contribution in [0.3, 0.4) is 0 Å². The topological polar surface area (TPSA) is 61.8 Å². The summed E-state index contributed by atoms with van der Waals surface area (Å²) in [5.74, 6) is -0.417. The van der Waals surface area contributed by atoms with Crippen LogP contribution in [0.25, 0.3) is 0 Å². The predicted molar refractivity (Wildman–Crippen MR) is 279 cm³/mol. The molecule has 5 heteroatoms. The highest BCUT2D eigenvalue weighted by Crippen LogP contribution is 2.16. The zero-order valence-corrected chi connectivity index (χ0v) is 43.1. The summed E-state index contributed by atoms with van der Waals surface area (Å²) in [7, 11) is 0. The van der Waals surface area contributed by atoms with Crippen molar-refractivity contribution in [3.05, 3.63) is 48.6 Å². The Morgan fingerprint density at radius 3 is 1.16 bits per heavy atom. The highest BCUT2D eigenvalue weighted by molar-refractivity contribution is 5.70. The van der Waals surface area contributed by atoms with Crippen molar-refractivity contribution >= 4 is 11.9 Å². The normalized spacial score (nSPS) is 12.5. The Balaban J connectivity index is 4.23. The number of esters is 2. The van der Waals surface area contributed by atoms with Gasteiger partial charge in [-0.05, 0) is 77.0 Å². The van der Waals surface area contributed by atoms with Crippen LogP contribution in [0.15, 0.2) is 48.6 Å². The molecule has 0 bridgehead atoms. The van der Waals surface area contributed by atoms with Crippen molar-refractivity contribution in [3.63, 3.8) is 0 Å². The van der Waals surface area contributed by atoms with Gasteiger partial charge in [0, 0.05) is 19.4 Å². The minimum Gasteiger partial charge on any atom is -0.462 e. The van der Waals surface area contributed by atoms with E-state index in [-0.39, 0.29) is 25.2 Å². The van der Waals surface area contributed by atoms with E-state index in [4.69, 9.17) is 14.2 Å². The van der Waals surface area contributed by atoms with Gasteiger partial charge < -0.3 is 14.2 Å². The zero-order valence-electron chi connectivity index (χ0n) is 43.1. The van der Waals surface area contributed by atoms with Crippen molar-refractivity contribution in [2.24, 2.45) is 0 Å². The van der Waals surface area contributed by atoms with Gasteiger partial charge in [0.15, 0.2) is 6.10 Å². The number of unbranched alkanes of at least 4 members (excludes halogenated alkanes) is 33. The van der Waals surface area contributed by atoms with Crippen molar-refractivity contribution in [2.45, 2.75) is 297 Å². The van der Waals surface area contributed by atoms with Gasteiger partial charge in [0.2, 0.25) is 0 Å². The summed E-state index contributed by atoms with van der Waals surface area (Å²) in [6, 6.07) is 0. The molecule has 0 heterocycles. The summed E-state index contributed by atoms with van der Waals surface area (Å²) < 4.78 is 17.4. The molecule has 0 radical (unpaired) electrons. The second-order valence-electron chi connectivity index (χ2n) is 18.8. The van der Waals surface area contributed by atoms with E-state index in [9.17, 15) is 9.59 Å². The van der Waals surface area contributed by atoms with Crippen LogP contribution in [0.1, 0.15) is 290 Å². The molecule has 0 aromatic carbocycles. The fourth-order valence-corrected chi connectivity index (χ4v) is 8.17. The van der Waals surface area contributed by atoms with Crippen LogP contribution in [-0.2, 0) is 23.8 Å². The molecule has 0 aromatic rings. The first-order valence-electron chi connectivity index (χ1n) is 28.2. The molecular weight excluding hydrogens is 789 g/mol. The van der Waals surface area contributed by atoms with Crippen LogP contribution >= 0.6 is 0 Å². The van der Waals surface area contributed by atoms with Crippen LogP contribution in [0, 0.1) is 0 Å². The average Bonchev–Trinajstić information content (AvgIpc) is 3.30. The SMILES string of the molecule is CC/C=C\C/C=C\C/C=C\CCCCCC(=O)OC(COCCCCCCCCCCCC/C=C\CCCCCCCC)COC(=O)CCCCCCCCCCCCCCCCC. The Morgan fingerprint density at radius 1 is 0.359 bits per heavy atom. The maximum absolute atomic E-state index is 12.8. The number of carbonyl (C=O) groups excluding carboxylic acids is 2. The lowest BCUT2D eigenvalue weighted by atomic mass is 10.0. The lowest BCUT2D eigenvalue weighted by molar-refractivity contribution is -0.163. The number of carbonyl (C=O) groups is 2. The maximum Gasteiger partial charge on any atom is 0.306 e. The summed E-state index contributed by atoms with van der Waals surface area (Å²) in [5.41, 5.74) is 0. The predicted octanol–water partition coefficient (Wildman–Crippen LogP) is 19.1. The van der Waals surface area contributed by atoms with E-state index < -0.39 is 6.10 Å². The third kappa shape index (κ3) is 52.5. The number of hydrogen-bond acceptors (Lipinski definition) is 5. The van der Waals surface area contributed by atoms with E-state index in [0.717, 1.165) is 70.6 Å². The molecule has 0 aliphatic heterocycles. The molecule has 0 rings (SSSR count). The molecule has 0 aromatic heterocycles. The lowest BCUT2D eigenvalue weighted by Crippen LogP contribution is -2.30. The van der Waals surface area contributed by atoms with Gasteiger partial charge in [0.05, 0.1) is 6.61 Å². The van der Waals surface area contributed by atoms with Gasteiger partial charge in [0.25, 0.3) is 0 Å². The van der Waals surface area contributed by atoms with Crippen molar-refractivity contribution in [3.8, 4) is 0 Å². The lowest BCUT2D eigenvalue weighted by Gasteiger charge is -2.18. The first-order valence-corrected chi connectivity index (χ1v) is 28.2. The first kappa shape index (κ1) is 61.9. The molecule has 0 amide bonds. The van der Waals surface area contributed by atoms with E-state index in [1.807, 2.05) is 0 Å². The smallest absolute Gasteiger partial charge is 0.306 e. The standard InChI is InChI=1S/C59H108O5/c1-4-7-10-13-16-19-22-25-27-28-29-30-31-33-36-39-42-45-48-51-54-62-55-57(64-59(61)53-50-47-44-41-38-34-24-21-18-15-12-9-6-3)56-63-58(60)52-49-46-43-40-37-35-32-26-23-20-17-14-11-8-5-2/h9,12,18,21,25,27,34,38,57H,4-8,10-11,13-17,19-20,22-24,26,28-33,35-37,39-56H2,1-3H3/b12-9-,21-18-,27-25-,38-34-. The van der Waals surface area contributed by atoms with E-state index in [1.54, 1.807) is 0 Å². The van der Waals surface area contributed by atoms with E-state index in [1.165, 1.54) is 186 Å². The molecule has 374 valence electrons. The molecule has 0 aliphatic carbocycles. The second kappa shape index (κ2) is 55.2. The molecule has 1 atom stereocenters. The summed E-state index contributed by atoms with van der Waals surface area (Å²) in [6.45, 7) is 7.72. The zero-order chi connectivity index (χ0) is 46.3. The molecule has 0 saturated heterocycles. The van der Waals surface area contributed by atoms with E-state index in [0.29, 0.717) is 19.4 Å². The van der Waals surface area contributed by atoms with Gasteiger partial charge in [-0.1, -0.05) is 249 Å². The third-order valence-corrected chi connectivity index (χ3v) is 12.3. The Bertz CT molecular complexity index is 1060. The van der Waals surface area contributed by atoms with Crippen LogP contribution < -0.4 is 0 Å². The summed E-state index contributed by atoms with van der Waals surface area (Å²) >= 11 is 0. The Kier molecular flexibility index (Phi) is 53.3. The highest BCUT2D eigenvalue weighted by Gasteiger charge is 2.17. The molecule has 5 nitrogen and oxygen atoms in total. The Hall–Kier alpha value is -2.14. The third-order valence-electron chi connectivity index (χ3n) is 12.3. The van der Waals surface area contributed by atoms with Gasteiger partial charge in [0.1, 0.15) is 6.61 Å². The molecular formula is C59H108O5. The summed E-state index contributed by atoms with van der Waals surface area (Å²) in [6.07, 6.45) is 68.5. The first-order chi connectivity index (χ1) is 31.6. The van der Waals surface area contributed by atoms with Crippen molar-refractivity contribution in [2.75, 3.05) is 19.8 Å². The van der Waals surface area contributed by atoms with E-state index >= 15 is 0 Å². The van der Waals surface area contributed by atoms with Crippen LogP contribution in [-0.4, -0.2) is 37.9 Å². The average molecular weight is 898 g/mol. The number of ether oxygens (including phenoxy) is 3. The molecule has 0 aliphatic rings. The Labute approximate surface area is 399 Å². The van der Waals surface area contributed by atoms with Crippen molar-refractivity contribution < 1.29 is 23.8 Å². The fourth-order valence-electron chi connectivity index (χ4n) is 8.17. The largest absolute Gasteiger partial charge is 0.462 e. The Morgan fingerprint density at radius 2 is 0.703 bits per heavy atom. The minimum absolute atomic E-state index is 0.0768. The van der Waals surface area contributed by atoms with Crippen molar-refractivity contribution in [1.82, 2.24) is 0 Å². The van der Waals surface area contributed by atoms with Gasteiger partial charge in [-0.25, -0.2) is 0 Å². The quantitative estimate of drug-likeness (QED) is 0.0346. The van der Waals surface area contributed by atoms with Crippen LogP contribution in [0.2, 0.25) is 0 Å². The van der Waals surface area contributed by atoms with Gasteiger partial charge in [-0.2, -0.15) is 0 Å². The maximum atomic E-state index is 12.8. The van der Waals surface area contributed by atoms with Gasteiger partial charge >= 0.3 is 11.9 Å². The highest BCUT2D eigenvalue weighted by atomic mass is 16.6. The van der Waals surface area contributed by atoms with Gasteiger partial charge in [-0.3, -0.25) is 9.59 Å².